The number of alkyl halides is 4. The van der Waals surface area contributed by atoms with Crippen molar-refractivity contribution in [2.75, 3.05) is 0 Å². The summed E-state index contributed by atoms with van der Waals surface area (Å²) in [5.74, 6) is -0.192. The molecule has 0 radical (unpaired) electrons. The molecule has 2 rings (SSSR count). The second kappa shape index (κ2) is 7.23. The van der Waals surface area contributed by atoms with Crippen LogP contribution in [0.1, 0.15) is 47.8 Å². The molecule has 1 nitrogen and oxygen atoms in total. The first kappa shape index (κ1) is 17.6. The minimum Gasteiger partial charge on any atom is -0.289 e. The maximum Gasteiger partial charge on any atom is 0.193 e. The normalized spacial score (nSPS) is 11.3. The van der Waals surface area contributed by atoms with Crippen LogP contribution in [0, 0.1) is 13.8 Å². The fraction of sp³-hybridized carbons (Fsp3) is 0.235. The molecule has 2 aromatic carbocycles. The highest BCUT2D eigenvalue weighted by Gasteiger charge is 2.22. The van der Waals surface area contributed by atoms with Gasteiger partial charge >= 0.3 is 0 Å². The lowest BCUT2D eigenvalue weighted by Gasteiger charge is -2.14. The Bertz CT molecular complexity index is 648. The summed E-state index contributed by atoms with van der Waals surface area (Å²) in [5.41, 5.74) is 4.05. The van der Waals surface area contributed by atoms with Gasteiger partial charge in [-0.3, -0.25) is 4.79 Å². The van der Waals surface area contributed by atoms with E-state index in [4.69, 9.17) is 46.4 Å². The van der Waals surface area contributed by atoms with E-state index in [0.29, 0.717) is 22.3 Å². The number of aryl methyl sites for hydroxylation is 2. The van der Waals surface area contributed by atoms with Crippen LogP contribution < -0.4 is 0 Å². The molecule has 0 saturated carbocycles. The van der Waals surface area contributed by atoms with Gasteiger partial charge in [0.05, 0.1) is 0 Å². The molecule has 0 spiro atoms. The number of ketones is 1. The lowest BCUT2D eigenvalue weighted by molar-refractivity contribution is 0.103. The Morgan fingerprint density at radius 1 is 0.773 bits per heavy atom. The van der Waals surface area contributed by atoms with Gasteiger partial charge in [-0.2, -0.15) is 0 Å². The standard InChI is InChI=1S/C17H14Cl4O/c1-9-3-5-11(13(7-9)16(18)19)15(22)12-6-4-10(2)8-14(12)17(20)21/h3-8,16-17H,1-2H3. The van der Waals surface area contributed by atoms with Gasteiger partial charge in [0.25, 0.3) is 0 Å². The monoisotopic (exact) mass is 374 g/mol. The van der Waals surface area contributed by atoms with Crippen molar-refractivity contribution in [3.63, 3.8) is 0 Å². The van der Waals surface area contributed by atoms with Crippen molar-refractivity contribution in [3.05, 3.63) is 69.8 Å². The Morgan fingerprint density at radius 3 is 1.45 bits per heavy atom. The highest BCUT2D eigenvalue weighted by atomic mass is 35.5. The number of rotatable bonds is 4. The average molecular weight is 376 g/mol. The van der Waals surface area contributed by atoms with Crippen LogP contribution in [0.2, 0.25) is 0 Å². The van der Waals surface area contributed by atoms with Gasteiger partial charge in [-0.05, 0) is 25.0 Å². The zero-order valence-electron chi connectivity index (χ0n) is 12.0. The van der Waals surface area contributed by atoms with Crippen LogP contribution in [0.4, 0.5) is 0 Å². The summed E-state index contributed by atoms with van der Waals surface area (Å²) in [7, 11) is 0. The predicted octanol–water partition coefficient (Wildman–Crippen LogP) is 6.49. The van der Waals surface area contributed by atoms with Gasteiger partial charge in [0.15, 0.2) is 5.78 Å². The number of halogens is 4. The third-order valence-electron chi connectivity index (χ3n) is 3.37. The Hall–Kier alpha value is -0.730. The van der Waals surface area contributed by atoms with Crippen LogP contribution in [0.25, 0.3) is 0 Å². The smallest absolute Gasteiger partial charge is 0.193 e. The van der Waals surface area contributed by atoms with Crippen molar-refractivity contribution < 1.29 is 4.79 Å². The van der Waals surface area contributed by atoms with Crippen LogP contribution in [-0.2, 0) is 0 Å². The van der Waals surface area contributed by atoms with Crippen LogP contribution in [0.15, 0.2) is 36.4 Å². The van der Waals surface area contributed by atoms with Crippen molar-refractivity contribution >= 4 is 52.2 Å². The number of carbonyl (C=O) groups excluding carboxylic acids is 1. The molecule has 0 atom stereocenters. The molecule has 0 unspecified atom stereocenters. The first-order valence-electron chi connectivity index (χ1n) is 6.63. The van der Waals surface area contributed by atoms with E-state index < -0.39 is 9.67 Å². The zero-order valence-corrected chi connectivity index (χ0v) is 15.1. The first-order valence-corrected chi connectivity index (χ1v) is 8.38. The van der Waals surface area contributed by atoms with Gasteiger partial charge in [0.1, 0.15) is 9.67 Å². The summed E-state index contributed by atoms with van der Waals surface area (Å²) in [6.07, 6.45) is 0. The quantitative estimate of drug-likeness (QED) is 0.441. The van der Waals surface area contributed by atoms with Crippen LogP contribution >= 0.6 is 46.4 Å². The average Bonchev–Trinajstić information content (AvgIpc) is 2.46. The van der Waals surface area contributed by atoms with Crippen molar-refractivity contribution in [1.82, 2.24) is 0 Å². The molecule has 5 heteroatoms. The summed E-state index contributed by atoms with van der Waals surface area (Å²) in [4.78, 5) is 11.3. The largest absolute Gasteiger partial charge is 0.289 e. The highest BCUT2D eigenvalue weighted by Crippen LogP contribution is 2.33. The van der Waals surface area contributed by atoms with E-state index in [0.717, 1.165) is 11.1 Å². The maximum absolute atomic E-state index is 12.9. The number of carbonyl (C=O) groups is 1. The summed E-state index contributed by atoms with van der Waals surface area (Å²) in [6.45, 7) is 3.83. The molecular formula is C17H14Cl4O. The van der Waals surface area contributed by atoms with Crippen molar-refractivity contribution in [3.8, 4) is 0 Å². The minimum atomic E-state index is -0.782. The van der Waals surface area contributed by atoms with E-state index in [1.54, 1.807) is 12.1 Å². The fourth-order valence-corrected chi connectivity index (χ4v) is 3.01. The summed E-state index contributed by atoms with van der Waals surface area (Å²) in [5, 5.41) is 0. The lowest BCUT2D eigenvalue weighted by atomic mass is 9.94. The molecule has 0 aliphatic rings. The molecular weight excluding hydrogens is 362 g/mol. The number of benzene rings is 2. The second-order valence-electron chi connectivity index (χ2n) is 5.11. The van der Waals surface area contributed by atoms with Gasteiger partial charge in [0.2, 0.25) is 0 Å². The Labute approximate surface area is 150 Å². The molecule has 2 aromatic rings. The minimum absolute atomic E-state index is 0.192. The van der Waals surface area contributed by atoms with Gasteiger partial charge in [-0.1, -0.05) is 47.5 Å². The van der Waals surface area contributed by atoms with Crippen molar-refractivity contribution in [2.24, 2.45) is 0 Å². The van der Waals surface area contributed by atoms with Crippen LogP contribution in [0.5, 0.6) is 0 Å². The molecule has 22 heavy (non-hydrogen) atoms. The molecule has 116 valence electrons. The Kier molecular flexibility index (Phi) is 5.79. The molecule has 0 aliphatic carbocycles. The molecule has 0 N–H and O–H groups in total. The van der Waals surface area contributed by atoms with E-state index in [1.165, 1.54) is 0 Å². The van der Waals surface area contributed by atoms with E-state index >= 15 is 0 Å². The van der Waals surface area contributed by atoms with Crippen LogP contribution in [-0.4, -0.2) is 5.78 Å². The summed E-state index contributed by atoms with van der Waals surface area (Å²) in [6, 6.07) is 10.8. The van der Waals surface area contributed by atoms with Gasteiger partial charge in [0, 0.05) is 11.1 Å². The van der Waals surface area contributed by atoms with E-state index in [-0.39, 0.29) is 5.78 Å². The van der Waals surface area contributed by atoms with Crippen molar-refractivity contribution in [2.45, 2.75) is 23.5 Å². The topological polar surface area (TPSA) is 17.1 Å². The Morgan fingerprint density at radius 2 is 1.14 bits per heavy atom. The van der Waals surface area contributed by atoms with E-state index in [1.807, 2.05) is 38.1 Å². The molecule has 0 aromatic heterocycles. The maximum atomic E-state index is 12.9. The highest BCUT2D eigenvalue weighted by molar-refractivity contribution is 6.45. The van der Waals surface area contributed by atoms with E-state index in [9.17, 15) is 4.79 Å². The molecule has 0 heterocycles. The second-order valence-corrected chi connectivity index (χ2v) is 7.30. The summed E-state index contributed by atoms with van der Waals surface area (Å²) < 4.78 is 0. The first-order chi connectivity index (χ1) is 10.3. The predicted molar refractivity (Wildman–Crippen MR) is 94.7 cm³/mol. The number of hydrogen-bond donors (Lipinski definition) is 0. The van der Waals surface area contributed by atoms with Gasteiger partial charge in [-0.25, -0.2) is 0 Å². The SMILES string of the molecule is Cc1ccc(C(=O)c2ccc(C)cc2C(Cl)Cl)c(C(Cl)Cl)c1. The third-order valence-corrected chi connectivity index (χ3v) is 4.31. The molecule has 0 bridgehead atoms. The molecule has 0 saturated heterocycles. The zero-order chi connectivity index (χ0) is 16.4. The van der Waals surface area contributed by atoms with Crippen LogP contribution in [0.3, 0.4) is 0 Å². The molecule has 0 amide bonds. The third kappa shape index (κ3) is 3.78. The fourth-order valence-electron chi connectivity index (χ4n) is 2.28. The van der Waals surface area contributed by atoms with Gasteiger partial charge in [-0.15, -0.1) is 46.4 Å². The van der Waals surface area contributed by atoms with Gasteiger partial charge < -0.3 is 0 Å². The van der Waals surface area contributed by atoms with E-state index in [2.05, 4.69) is 0 Å². The lowest BCUT2D eigenvalue weighted by Crippen LogP contribution is -2.09. The van der Waals surface area contributed by atoms with Crippen molar-refractivity contribution in [1.29, 1.82) is 0 Å². The molecule has 0 aliphatic heterocycles. The summed E-state index contributed by atoms with van der Waals surface area (Å²) >= 11 is 24.0. The molecule has 0 fully saturated rings. The number of hydrogen-bond acceptors (Lipinski definition) is 1. The Balaban J connectivity index is 2.58.